The summed E-state index contributed by atoms with van der Waals surface area (Å²) in [5.41, 5.74) is 0.284. The van der Waals surface area contributed by atoms with Crippen LogP contribution in [0.2, 0.25) is 0 Å². The first-order valence-electron chi connectivity index (χ1n) is 6.90. The number of aliphatic imine (C=N–C) groups is 1. The molecule has 0 aliphatic rings. The van der Waals surface area contributed by atoms with Crippen molar-refractivity contribution in [2.24, 2.45) is 4.99 Å². The third-order valence-corrected chi connectivity index (χ3v) is 3.71. The monoisotopic (exact) mass is 345 g/mol. The molecule has 1 aromatic carbocycles. The number of aromatic amines is 1. The third-order valence-electron chi connectivity index (χ3n) is 3.39. The molecular weight excluding hydrogens is 330 g/mol. The summed E-state index contributed by atoms with van der Waals surface area (Å²) in [4.78, 5) is 29.7. The molecule has 0 aliphatic heterocycles. The second-order valence-electron chi connectivity index (χ2n) is 4.91. The number of carboxylic acids is 1. The number of allylic oxidation sites excluding steroid dienone is 1. The molecule has 0 aliphatic carbocycles. The molecule has 2 rings (SSSR count). The van der Waals surface area contributed by atoms with Crippen LogP contribution in [-0.2, 0) is 6.54 Å². The number of nitrogens with zero attached hydrogens (tertiary/aromatic N) is 2. The van der Waals surface area contributed by atoms with E-state index < -0.39 is 11.5 Å². The molecule has 1 heterocycles. The SMILES string of the molecule is C=CCn1c(O)c(C=Nc2cccc(C(=O)O)c2C)c(=O)[nH]c1=S. The van der Waals surface area contributed by atoms with Crippen molar-refractivity contribution in [1.29, 1.82) is 0 Å². The second kappa shape index (κ2) is 7.05. The largest absolute Gasteiger partial charge is 0.494 e. The molecule has 8 heteroatoms. The molecule has 0 saturated carbocycles. The van der Waals surface area contributed by atoms with Crippen molar-refractivity contribution in [3.63, 3.8) is 0 Å². The molecule has 1 aromatic heterocycles. The molecule has 124 valence electrons. The minimum atomic E-state index is -1.07. The normalized spacial score (nSPS) is 10.9. The standard InChI is InChI=1S/C16H15N3O4S/c1-3-7-19-14(21)11(13(20)18-16(19)24)8-17-12-6-4-5-10(9(12)2)15(22)23/h3-6,8,21H,1,7H2,2H3,(H,22,23)(H,18,20,24). The predicted octanol–water partition coefficient (Wildman–Crippen LogP) is 2.55. The highest BCUT2D eigenvalue weighted by atomic mass is 32.1. The zero-order valence-electron chi connectivity index (χ0n) is 12.8. The van der Waals surface area contributed by atoms with Gasteiger partial charge in [0.25, 0.3) is 5.56 Å². The van der Waals surface area contributed by atoms with Crippen LogP contribution >= 0.6 is 12.2 Å². The average molecular weight is 345 g/mol. The van der Waals surface area contributed by atoms with E-state index in [-0.39, 0.29) is 28.3 Å². The van der Waals surface area contributed by atoms with E-state index in [1.165, 1.54) is 22.9 Å². The van der Waals surface area contributed by atoms with Crippen molar-refractivity contribution in [3.8, 4) is 5.88 Å². The van der Waals surface area contributed by atoms with Gasteiger partial charge in [-0.2, -0.15) is 0 Å². The highest BCUT2D eigenvalue weighted by Gasteiger charge is 2.12. The van der Waals surface area contributed by atoms with E-state index in [4.69, 9.17) is 17.3 Å². The summed E-state index contributed by atoms with van der Waals surface area (Å²) in [7, 11) is 0. The van der Waals surface area contributed by atoms with Gasteiger partial charge < -0.3 is 10.2 Å². The average Bonchev–Trinajstić information content (AvgIpc) is 2.52. The van der Waals surface area contributed by atoms with Crippen LogP contribution in [0.4, 0.5) is 5.69 Å². The minimum Gasteiger partial charge on any atom is -0.494 e. The van der Waals surface area contributed by atoms with Gasteiger partial charge in [0.05, 0.1) is 11.3 Å². The number of carbonyl (C=O) groups is 1. The van der Waals surface area contributed by atoms with Crippen molar-refractivity contribution in [1.82, 2.24) is 9.55 Å². The van der Waals surface area contributed by atoms with E-state index in [0.29, 0.717) is 11.3 Å². The fourth-order valence-electron chi connectivity index (χ4n) is 2.12. The Balaban J connectivity index is 2.55. The van der Waals surface area contributed by atoms with E-state index in [1.54, 1.807) is 19.1 Å². The Kier molecular flexibility index (Phi) is 5.10. The first-order valence-corrected chi connectivity index (χ1v) is 7.31. The van der Waals surface area contributed by atoms with Crippen LogP contribution in [0.3, 0.4) is 0 Å². The van der Waals surface area contributed by atoms with Crippen molar-refractivity contribution in [3.05, 3.63) is 62.7 Å². The molecule has 0 saturated heterocycles. The first-order chi connectivity index (χ1) is 11.4. The number of benzene rings is 1. The molecule has 7 nitrogen and oxygen atoms in total. The molecule has 0 radical (unpaired) electrons. The quantitative estimate of drug-likeness (QED) is 0.438. The second-order valence-corrected chi connectivity index (χ2v) is 5.30. The summed E-state index contributed by atoms with van der Waals surface area (Å²) in [6.07, 6.45) is 2.70. The molecule has 0 bridgehead atoms. The van der Waals surface area contributed by atoms with Crippen LogP contribution in [0.1, 0.15) is 21.5 Å². The summed E-state index contributed by atoms with van der Waals surface area (Å²) < 4.78 is 1.37. The Labute approximate surface area is 142 Å². The maximum atomic E-state index is 12.0. The van der Waals surface area contributed by atoms with Gasteiger partial charge in [-0.15, -0.1) is 6.58 Å². The maximum absolute atomic E-state index is 12.0. The lowest BCUT2D eigenvalue weighted by atomic mass is 10.1. The van der Waals surface area contributed by atoms with E-state index in [0.717, 1.165) is 0 Å². The highest BCUT2D eigenvalue weighted by molar-refractivity contribution is 7.71. The molecule has 3 N–H and O–H groups in total. The minimum absolute atomic E-state index is 0.0682. The van der Waals surface area contributed by atoms with E-state index in [1.807, 2.05) is 0 Å². The van der Waals surface area contributed by atoms with Crippen LogP contribution in [0.25, 0.3) is 0 Å². The fourth-order valence-corrected chi connectivity index (χ4v) is 2.37. The molecule has 2 aromatic rings. The van der Waals surface area contributed by atoms with Crippen LogP contribution in [-0.4, -0.2) is 31.9 Å². The fraction of sp³-hybridized carbons (Fsp3) is 0.125. The molecule has 0 atom stereocenters. The number of aromatic hydroxyl groups is 1. The number of aromatic carboxylic acids is 1. The Morgan fingerprint density at radius 2 is 2.21 bits per heavy atom. The smallest absolute Gasteiger partial charge is 0.336 e. The van der Waals surface area contributed by atoms with Crippen LogP contribution in [0.15, 0.2) is 40.6 Å². The lowest BCUT2D eigenvalue weighted by molar-refractivity contribution is 0.0696. The van der Waals surface area contributed by atoms with Crippen LogP contribution in [0.5, 0.6) is 5.88 Å². The number of hydrogen-bond donors (Lipinski definition) is 3. The van der Waals surface area contributed by atoms with Gasteiger partial charge in [0.1, 0.15) is 5.56 Å². The zero-order valence-corrected chi connectivity index (χ0v) is 13.6. The van der Waals surface area contributed by atoms with Gasteiger partial charge in [-0.05, 0) is 36.8 Å². The Bertz CT molecular complexity index is 957. The summed E-state index contributed by atoms with van der Waals surface area (Å²) >= 11 is 4.99. The molecule has 0 fully saturated rings. The molecule has 0 spiro atoms. The van der Waals surface area contributed by atoms with Crippen molar-refractivity contribution in [2.75, 3.05) is 0 Å². The van der Waals surface area contributed by atoms with E-state index in [2.05, 4.69) is 16.6 Å². The highest BCUT2D eigenvalue weighted by Crippen LogP contribution is 2.22. The lowest BCUT2D eigenvalue weighted by Crippen LogP contribution is -2.18. The van der Waals surface area contributed by atoms with Crippen molar-refractivity contribution in [2.45, 2.75) is 13.5 Å². The first kappa shape index (κ1) is 17.4. The Morgan fingerprint density at radius 1 is 1.50 bits per heavy atom. The summed E-state index contributed by atoms with van der Waals surface area (Å²) in [5.74, 6) is -1.40. The van der Waals surface area contributed by atoms with E-state index in [9.17, 15) is 14.7 Å². The number of carboxylic acid groups (broad SMARTS) is 1. The number of nitrogens with one attached hydrogen (secondary N) is 1. The van der Waals surface area contributed by atoms with Crippen molar-refractivity contribution >= 4 is 30.1 Å². The molecule has 24 heavy (non-hydrogen) atoms. The number of hydrogen-bond acceptors (Lipinski definition) is 5. The van der Waals surface area contributed by atoms with Crippen LogP contribution in [0, 0.1) is 11.7 Å². The molecule has 0 unspecified atom stereocenters. The van der Waals surface area contributed by atoms with Gasteiger partial charge in [-0.1, -0.05) is 12.1 Å². The maximum Gasteiger partial charge on any atom is 0.336 e. The van der Waals surface area contributed by atoms with Crippen molar-refractivity contribution < 1.29 is 15.0 Å². The Hall–Kier alpha value is -3.00. The van der Waals surface area contributed by atoms with Gasteiger partial charge in [-0.25, -0.2) is 4.79 Å². The lowest BCUT2D eigenvalue weighted by Gasteiger charge is -2.08. The predicted molar refractivity (Wildman–Crippen MR) is 93.1 cm³/mol. The van der Waals surface area contributed by atoms with Gasteiger partial charge in [-0.3, -0.25) is 19.3 Å². The third kappa shape index (κ3) is 3.33. The zero-order chi connectivity index (χ0) is 17.9. The summed E-state index contributed by atoms with van der Waals surface area (Å²) in [6, 6.07) is 4.63. The molecule has 0 amide bonds. The summed E-state index contributed by atoms with van der Waals surface area (Å²) in [5, 5.41) is 19.3. The molecular formula is C16H15N3O4S. The number of rotatable bonds is 5. The summed E-state index contributed by atoms with van der Waals surface area (Å²) in [6.45, 7) is 5.40. The van der Waals surface area contributed by atoms with Gasteiger partial charge in [0.15, 0.2) is 4.77 Å². The van der Waals surface area contributed by atoms with E-state index >= 15 is 0 Å². The topological polar surface area (TPSA) is 108 Å². The number of aromatic nitrogens is 2. The Morgan fingerprint density at radius 3 is 2.83 bits per heavy atom. The number of H-pyrrole nitrogens is 1. The van der Waals surface area contributed by atoms with Gasteiger partial charge in [0, 0.05) is 12.8 Å². The van der Waals surface area contributed by atoms with Gasteiger partial charge in [0.2, 0.25) is 5.88 Å². The van der Waals surface area contributed by atoms with Crippen LogP contribution < -0.4 is 5.56 Å². The van der Waals surface area contributed by atoms with Gasteiger partial charge >= 0.3 is 5.97 Å².